The molecular weight excluding hydrogens is 976 g/mol. The number of benzene rings is 6. The van der Waals surface area contributed by atoms with Crippen LogP contribution in [-0.2, 0) is 22.4 Å². The zero-order valence-electron chi connectivity index (χ0n) is 37.1. The number of ether oxygens (including phenoxy) is 8. The Morgan fingerprint density at radius 3 is 1.39 bits per heavy atom. The van der Waals surface area contributed by atoms with E-state index >= 15 is 0 Å². The molecule has 344 valence electrons. The van der Waals surface area contributed by atoms with Crippen molar-refractivity contribution in [3.8, 4) is 46.0 Å². The summed E-state index contributed by atoms with van der Waals surface area (Å²) in [6.45, 7) is 0. The van der Waals surface area contributed by atoms with Crippen molar-refractivity contribution in [3.63, 3.8) is 0 Å². The first-order valence-electron chi connectivity index (χ1n) is 21.3. The van der Waals surface area contributed by atoms with E-state index in [4.69, 9.17) is 37.9 Å². The number of aliphatic hydroxyl groups is 4. The molecule has 2 aliphatic carbocycles. The van der Waals surface area contributed by atoms with E-state index in [1.54, 1.807) is 40.6 Å². The van der Waals surface area contributed by atoms with Gasteiger partial charge in [-0.3, -0.25) is 0 Å². The van der Waals surface area contributed by atoms with Crippen molar-refractivity contribution in [2.45, 2.75) is 59.3 Å². The number of methoxy groups -OCH3 is 6. The second kappa shape index (κ2) is 17.3. The van der Waals surface area contributed by atoms with Gasteiger partial charge in [0.1, 0.15) is 49.2 Å². The van der Waals surface area contributed by atoms with Crippen LogP contribution < -0.4 is 37.9 Å². The van der Waals surface area contributed by atoms with Crippen LogP contribution >= 0.6 is 31.9 Å². The van der Waals surface area contributed by atoms with Gasteiger partial charge < -0.3 is 58.3 Å². The molecular formula is C52H50Br2O12. The van der Waals surface area contributed by atoms with Gasteiger partial charge in [-0.15, -0.1) is 0 Å². The number of fused-ring (bicyclic) bond motifs is 6. The first kappa shape index (κ1) is 45.7. The summed E-state index contributed by atoms with van der Waals surface area (Å²) in [6.07, 6.45) is -1.61. The molecule has 4 aliphatic rings. The molecule has 0 spiro atoms. The Kier molecular flexibility index (Phi) is 12.0. The van der Waals surface area contributed by atoms with Gasteiger partial charge >= 0.3 is 0 Å². The zero-order valence-corrected chi connectivity index (χ0v) is 40.3. The van der Waals surface area contributed by atoms with Crippen molar-refractivity contribution in [3.05, 3.63) is 164 Å². The van der Waals surface area contributed by atoms with Crippen LogP contribution in [0.2, 0.25) is 0 Å². The summed E-state index contributed by atoms with van der Waals surface area (Å²) in [5.74, 6) is 3.25. The highest BCUT2D eigenvalue weighted by molar-refractivity contribution is 9.11. The smallest absolute Gasteiger partial charge is 0.176 e. The summed E-state index contributed by atoms with van der Waals surface area (Å²) in [7, 11) is 9.36. The summed E-state index contributed by atoms with van der Waals surface area (Å²) in [6, 6.07) is 37.9. The molecule has 0 saturated heterocycles. The maximum atomic E-state index is 12.6. The van der Waals surface area contributed by atoms with Gasteiger partial charge in [-0.05, 0) is 91.2 Å². The number of halogens is 2. The van der Waals surface area contributed by atoms with Crippen molar-refractivity contribution < 1.29 is 58.3 Å². The molecule has 14 heteroatoms. The third-order valence-corrected chi connectivity index (χ3v) is 15.3. The van der Waals surface area contributed by atoms with E-state index < -0.39 is 34.6 Å². The molecule has 8 atom stereocenters. The average Bonchev–Trinajstić information content (AvgIpc) is 3.96. The quantitative estimate of drug-likeness (QED) is 0.104. The van der Waals surface area contributed by atoms with E-state index in [0.717, 1.165) is 16.7 Å². The molecule has 0 unspecified atom stereocenters. The topological polar surface area (TPSA) is 155 Å². The Morgan fingerprint density at radius 2 is 0.955 bits per heavy atom. The van der Waals surface area contributed by atoms with Crippen LogP contribution in [0, 0.1) is 0 Å². The lowest BCUT2D eigenvalue weighted by Gasteiger charge is -2.40. The maximum Gasteiger partial charge on any atom is 0.176 e. The summed E-state index contributed by atoms with van der Waals surface area (Å²) in [5, 5.41) is 47.8. The first-order valence-corrected chi connectivity index (χ1v) is 22.9. The summed E-state index contributed by atoms with van der Waals surface area (Å²) < 4.78 is 47.6. The minimum Gasteiger partial charge on any atom is -0.497 e. The van der Waals surface area contributed by atoms with E-state index in [2.05, 4.69) is 31.9 Å². The number of aliphatic hydroxyl groups excluding tert-OH is 2. The Bertz CT molecular complexity index is 2740. The molecule has 2 aliphatic heterocycles. The fraction of sp³-hybridized carbons (Fsp3) is 0.308. The van der Waals surface area contributed by atoms with Gasteiger partial charge in [0.15, 0.2) is 28.2 Å². The third-order valence-electron chi connectivity index (χ3n) is 13.9. The van der Waals surface area contributed by atoms with Crippen molar-refractivity contribution in [1.29, 1.82) is 0 Å². The summed E-state index contributed by atoms with van der Waals surface area (Å²) in [5.41, 5.74) is -2.01. The van der Waals surface area contributed by atoms with Crippen LogP contribution in [0.25, 0.3) is 0 Å². The van der Waals surface area contributed by atoms with Crippen molar-refractivity contribution in [2.24, 2.45) is 0 Å². The van der Waals surface area contributed by atoms with E-state index in [-0.39, 0.29) is 18.3 Å². The van der Waals surface area contributed by atoms with Crippen molar-refractivity contribution in [2.75, 3.05) is 42.7 Å². The van der Waals surface area contributed by atoms with Gasteiger partial charge in [0, 0.05) is 24.0 Å². The second-order valence-electron chi connectivity index (χ2n) is 16.7. The number of rotatable bonds is 10. The molecule has 0 amide bonds. The van der Waals surface area contributed by atoms with Crippen LogP contribution in [0.1, 0.15) is 58.1 Å². The van der Waals surface area contributed by atoms with E-state index in [1.807, 2.05) is 109 Å². The molecule has 0 aromatic heterocycles. The van der Waals surface area contributed by atoms with Gasteiger partial charge in [-0.2, -0.15) is 0 Å². The van der Waals surface area contributed by atoms with Crippen LogP contribution in [0.15, 0.2) is 130 Å². The molecule has 0 radical (unpaired) electrons. The van der Waals surface area contributed by atoms with Crippen LogP contribution in [0.5, 0.6) is 46.0 Å². The minimum absolute atomic E-state index is 0.288. The van der Waals surface area contributed by atoms with Gasteiger partial charge in [0.2, 0.25) is 0 Å². The Labute approximate surface area is 399 Å². The lowest BCUT2D eigenvalue weighted by Crippen LogP contribution is -2.52. The van der Waals surface area contributed by atoms with E-state index in [1.165, 1.54) is 14.2 Å². The van der Waals surface area contributed by atoms with Gasteiger partial charge in [0.25, 0.3) is 0 Å². The standard InChI is InChI=1S/C26H24Br2O6.C26H26O6/c1-31-16-11-9-15(10-12-16)26-17(14-7-5-4-6-8-14)13-18(29)25(26,30)19-22(32-2)20(27)24(33-3)21(28)23(19)34-26;1-29-18-11-9-17(10-12-18)26-20(16-7-5-4-6-8-16)15-23(27)25(26,28)24-21(31-3)13-19(30-2)14-22(24)32-26/h4-12,17-18,29-30H,13H2,1-3H3;4-14,20,23,27-28H,15H2,1-3H3/t17-,18+,25+,26-;20-,23+,25+,26-/m00/s1. The van der Waals surface area contributed by atoms with E-state index in [0.29, 0.717) is 78.1 Å². The van der Waals surface area contributed by atoms with Crippen molar-refractivity contribution >= 4 is 31.9 Å². The molecule has 66 heavy (non-hydrogen) atoms. The average molecular weight is 1030 g/mol. The molecule has 10 rings (SSSR count). The largest absolute Gasteiger partial charge is 0.497 e. The fourth-order valence-electron chi connectivity index (χ4n) is 11.0. The highest BCUT2D eigenvalue weighted by atomic mass is 79.9. The van der Waals surface area contributed by atoms with Crippen molar-refractivity contribution in [1.82, 2.24) is 0 Å². The predicted molar refractivity (Wildman–Crippen MR) is 252 cm³/mol. The SMILES string of the molecule is COc1ccc([C@@]23Oc4c(Br)c(OC)c(Br)c(OC)c4[C@]2(O)[C@H](O)C[C@H]3c2ccccc2)cc1.COc1ccc([C@@]23Oc4cc(OC)cc(OC)c4[C@]2(O)[C@H](O)C[C@H]3c2ccccc2)cc1. The minimum atomic E-state index is -1.82. The van der Waals surface area contributed by atoms with Gasteiger partial charge in [-0.1, -0.05) is 84.9 Å². The Hall–Kier alpha value is -5.48. The predicted octanol–water partition coefficient (Wildman–Crippen LogP) is 9.00. The fourth-order valence-corrected chi connectivity index (χ4v) is 12.6. The molecule has 6 aromatic carbocycles. The molecule has 6 aromatic rings. The zero-order chi connectivity index (χ0) is 46.8. The maximum absolute atomic E-state index is 12.6. The van der Waals surface area contributed by atoms with Crippen LogP contribution in [0.4, 0.5) is 0 Å². The highest BCUT2D eigenvalue weighted by Crippen LogP contribution is 2.72. The summed E-state index contributed by atoms with van der Waals surface area (Å²) >= 11 is 7.16. The Balaban J connectivity index is 0.000000166. The molecule has 4 N–H and O–H groups in total. The van der Waals surface area contributed by atoms with Gasteiger partial charge in [-0.25, -0.2) is 0 Å². The Morgan fingerprint density at radius 1 is 0.500 bits per heavy atom. The molecule has 2 fully saturated rings. The molecule has 0 bridgehead atoms. The molecule has 2 heterocycles. The summed E-state index contributed by atoms with van der Waals surface area (Å²) in [4.78, 5) is 0. The number of hydrogen-bond acceptors (Lipinski definition) is 12. The van der Waals surface area contributed by atoms with E-state index in [9.17, 15) is 20.4 Å². The molecule has 12 nitrogen and oxygen atoms in total. The second-order valence-corrected chi connectivity index (χ2v) is 18.3. The van der Waals surface area contributed by atoms with Gasteiger partial charge in [0.05, 0.1) is 66.0 Å². The normalized spacial score (nSPS) is 27.5. The van der Waals surface area contributed by atoms with Crippen LogP contribution in [-0.4, -0.2) is 75.3 Å². The van der Waals surface area contributed by atoms with Crippen LogP contribution in [0.3, 0.4) is 0 Å². The highest BCUT2D eigenvalue weighted by Gasteiger charge is 2.75. The lowest BCUT2D eigenvalue weighted by atomic mass is 9.71. The lowest BCUT2D eigenvalue weighted by molar-refractivity contribution is -0.150. The number of hydrogen-bond donors (Lipinski definition) is 4. The third kappa shape index (κ3) is 6.36. The monoisotopic (exact) mass is 1020 g/mol. The first-order chi connectivity index (χ1) is 31.8. The molecule has 2 saturated carbocycles.